The van der Waals surface area contributed by atoms with Gasteiger partial charge in [0.1, 0.15) is 5.75 Å². The van der Waals surface area contributed by atoms with E-state index >= 15 is 0 Å². The molecule has 0 aliphatic rings. The molecule has 33 heavy (non-hydrogen) atoms. The molecule has 6 heteroatoms. The highest BCUT2D eigenvalue weighted by atomic mass is 16.5. The van der Waals surface area contributed by atoms with Gasteiger partial charge in [0.2, 0.25) is 5.91 Å². The van der Waals surface area contributed by atoms with E-state index in [1.165, 1.54) is 5.56 Å². The van der Waals surface area contributed by atoms with Crippen molar-refractivity contribution in [2.24, 2.45) is 0 Å². The smallest absolute Gasteiger partial charge is 0.223 e. The molecule has 1 amide bonds. The van der Waals surface area contributed by atoms with Gasteiger partial charge in [0, 0.05) is 37.6 Å². The summed E-state index contributed by atoms with van der Waals surface area (Å²) in [7, 11) is 3.83. The maximum Gasteiger partial charge on any atom is 0.223 e. The molecule has 2 aromatic carbocycles. The van der Waals surface area contributed by atoms with Crippen molar-refractivity contribution in [1.82, 2.24) is 19.8 Å². The highest BCUT2D eigenvalue weighted by Gasteiger charge is 2.02. The van der Waals surface area contributed by atoms with Crippen molar-refractivity contribution >= 4 is 12.0 Å². The van der Waals surface area contributed by atoms with Gasteiger partial charge >= 0.3 is 0 Å². The van der Waals surface area contributed by atoms with Crippen LogP contribution in [0.1, 0.15) is 30.4 Å². The van der Waals surface area contributed by atoms with E-state index in [0.29, 0.717) is 6.42 Å². The lowest BCUT2D eigenvalue weighted by atomic mass is 10.1. The van der Waals surface area contributed by atoms with Crippen LogP contribution in [0.5, 0.6) is 5.75 Å². The highest BCUT2D eigenvalue weighted by Crippen LogP contribution is 2.12. The number of hydrogen-bond acceptors (Lipinski definition) is 4. The van der Waals surface area contributed by atoms with Crippen LogP contribution in [0, 0.1) is 0 Å². The predicted molar refractivity (Wildman–Crippen MR) is 134 cm³/mol. The van der Waals surface area contributed by atoms with E-state index in [1.807, 2.05) is 59.3 Å². The summed E-state index contributed by atoms with van der Waals surface area (Å²) >= 11 is 0. The molecule has 1 aromatic heterocycles. The summed E-state index contributed by atoms with van der Waals surface area (Å²) in [4.78, 5) is 18.5. The zero-order valence-electron chi connectivity index (χ0n) is 19.6. The third-order valence-electron chi connectivity index (χ3n) is 5.54. The second kappa shape index (κ2) is 13.2. The molecule has 0 radical (unpaired) electrons. The van der Waals surface area contributed by atoms with Crippen LogP contribution >= 0.6 is 0 Å². The molecule has 0 spiro atoms. The van der Waals surface area contributed by atoms with Crippen LogP contribution in [0.2, 0.25) is 0 Å². The summed E-state index contributed by atoms with van der Waals surface area (Å²) in [6.45, 7) is 2.77. The third kappa shape index (κ3) is 8.58. The van der Waals surface area contributed by atoms with Crippen molar-refractivity contribution in [1.29, 1.82) is 0 Å². The summed E-state index contributed by atoms with van der Waals surface area (Å²) in [5.74, 6) is 0.957. The number of ether oxygens (including phenoxy) is 1. The Morgan fingerprint density at radius 2 is 1.88 bits per heavy atom. The number of amides is 1. The van der Waals surface area contributed by atoms with Crippen molar-refractivity contribution < 1.29 is 9.53 Å². The van der Waals surface area contributed by atoms with Gasteiger partial charge in [0.15, 0.2) is 0 Å². The molecule has 6 nitrogen and oxygen atoms in total. The van der Waals surface area contributed by atoms with Crippen LogP contribution in [-0.4, -0.2) is 54.1 Å². The molecule has 0 bridgehead atoms. The highest BCUT2D eigenvalue weighted by molar-refractivity contribution is 5.78. The number of methoxy groups -OCH3 is 1. The van der Waals surface area contributed by atoms with Gasteiger partial charge in [-0.2, -0.15) is 0 Å². The number of nitrogens with zero attached hydrogens (tertiary/aromatic N) is 3. The molecule has 1 heterocycles. The summed E-state index contributed by atoms with van der Waals surface area (Å²) < 4.78 is 7.16. The fraction of sp³-hybridized carbons (Fsp3) is 0.333. The molecular formula is C27H34N4O2. The first-order chi connectivity index (χ1) is 16.1. The molecule has 0 unspecified atom stereocenters. The van der Waals surface area contributed by atoms with Crippen molar-refractivity contribution in [2.45, 2.75) is 25.7 Å². The van der Waals surface area contributed by atoms with Gasteiger partial charge in [-0.25, -0.2) is 4.98 Å². The van der Waals surface area contributed by atoms with Crippen molar-refractivity contribution in [3.05, 3.63) is 84.5 Å². The molecule has 0 saturated heterocycles. The molecule has 0 aliphatic carbocycles. The maximum absolute atomic E-state index is 12.1. The number of likely N-dealkylation sites (N-methyl/N-ethyl adjacent to an activating group) is 1. The lowest BCUT2D eigenvalue weighted by Crippen LogP contribution is -2.26. The third-order valence-corrected chi connectivity index (χ3v) is 5.54. The Morgan fingerprint density at radius 3 is 2.58 bits per heavy atom. The van der Waals surface area contributed by atoms with Crippen LogP contribution in [-0.2, 0) is 11.2 Å². The van der Waals surface area contributed by atoms with E-state index in [2.05, 4.69) is 34.4 Å². The molecule has 0 aliphatic heterocycles. The summed E-state index contributed by atoms with van der Waals surface area (Å²) in [5.41, 5.74) is 3.45. The molecule has 3 rings (SSSR count). The number of hydrogen-bond donors (Lipinski definition) is 1. The normalized spacial score (nSPS) is 11.2. The van der Waals surface area contributed by atoms with Gasteiger partial charge in [-0.3, -0.25) is 4.79 Å². The molecule has 174 valence electrons. The number of unbranched alkanes of at least 4 members (excludes halogenated alkanes) is 1. The van der Waals surface area contributed by atoms with E-state index in [4.69, 9.17) is 4.74 Å². The monoisotopic (exact) mass is 446 g/mol. The van der Waals surface area contributed by atoms with E-state index < -0.39 is 0 Å². The topological polar surface area (TPSA) is 59.4 Å². The van der Waals surface area contributed by atoms with Crippen molar-refractivity contribution in [3.63, 3.8) is 0 Å². The Labute approximate surface area is 196 Å². The summed E-state index contributed by atoms with van der Waals surface area (Å²) in [6.07, 6.45) is 12.8. The Hall–Kier alpha value is -3.38. The predicted octanol–water partition coefficient (Wildman–Crippen LogP) is 4.36. The average molecular weight is 447 g/mol. The van der Waals surface area contributed by atoms with Crippen LogP contribution in [0.4, 0.5) is 0 Å². The van der Waals surface area contributed by atoms with E-state index in [9.17, 15) is 4.79 Å². The van der Waals surface area contributed by atoms with Crippen molar-refractivity contribution in [2.75, 3.05) is 33.8 Å². The Balaban J connectivity index is 1.24. The first-order valence-electron chi connectivity index (χ1n) is 11.5. The maximum atomic E-state index is 12.1. The molecule has 0 saturated carbocycles. The first-order valence-corrected chi connectivity index (χ1v) is 11.5. The molecular weight excluding hydrogens is 412 g/mol. The number of imidazole rings is 1. The molecule has 0 atom stereocenters. The standard InChI is InChI=1S/C27H34N4O2/c1-30(20-16-24-10-14-26(33-2)15-11-24)19-4-3-17-29-27(32)7-5-6-23-8-12-25(13-9-23)31-21-18-28-22-31/h5-6,8-15,18,21-22H,3-4,7,16-17,19-20H2,1-2H3,(H,29,32)/b6-5+. The molecule has 0 fully saturated rings. The van der Waals surface area contributed by atoms with Gasteiger partial charge in [-0.1, -0.05) is 36.4 Å². The van der Waals surface area contributed by atoms with E-state index in [1.54, 1.807) is 19.6 Å². The average Bonchev–Trinajstić information content (AvgIpc) is 3.38. The number of rotatable bonds is 13. The Bertz CT molecular complexity index is 980. The van der Waals surface area contributed by atoms with Gasteiger partial charge in [-0.05, 0) is 68.2 Å². The van der Waals surface area contributed by atoms with Crippen LogP contribution in [0.3, 0.4) is 0 Å². The quantitative estimate of drug-likeness (QED) is 0.397. The van der Waals surface area contributed by atoms with Crippen LogP contribution in [0.25, 0.3) is 11.8 Å². The minimum absolute atomic E-state index is 0.0640. The number of carbonyl (C=O) groups is 1. The van der Waals surface area contributed by atoms with E-state index in [-0.39, 0.29) is 5.91 Å². The largest absolute Gasteiger partial charge is 0.497 e. The van der Waals surface area contributed by atoms with Gasteiger partial charge in [-0.15, -0.1) is 0 Å². The fourth-order valence-corrected chi connectivity index (χ4v) is 3.50. The van der Waals surface area contributed by atoms with E-state index in [0.717, 1.165) is 55.9 Å². The number of benzene rings is 2. The zero-order chi connectivity index (χ0) is 23.3. The van der Waals surface area contributed by atoms with Gasteiger partial charge in [0.25, 0.3) is 0 Å². The number of aromatic nitrogens is 2. The molecule has 1 N–H and O–H groups in total. The summed E-state index contributed by atoms with van der Waals surface area (Å²) in [6, 6.07) is 16.4. The van der Waals surface area contributed by atoms with Gasteiger partial charge in [0.05, 0.1) is 13.4 Å². The van der Waals surface area contributed by atoms with Crippen molar-refractivity contribution in [3.8, 4) is 11.4 Å². The number of nitrogens with one attached hydrogen (secondary N) is 1. The lowest BCUT2D eigenvalue weighted by molar-refractivity contribution is -0.120. The fourth-order valence-electron chi connectivity index (χ4n) is 3.50. The van der Waals surface area contributed by atoms with Crippen LogP contribution < -0.4 is 10.1 Å². The second-order valence-electron chi connectivity index (χ2n) is 8.13. The lowest BCUT2D eigenvalue weighted by Gasteiger charge is -2.16. The SMILES string of the molecule is COc1ccc(CCN(C)CCCCNC(=O)C/C=C/c2ccc(-n3ccnc3)cc2)cc1. The van der Waals surface area contributed by atoms with Gasteiger partial charge < -0.3 is 19.5 Å². The van der Waals surface area contributed by atoms with Crippen LogP contribution in [0.15, 0.2) is 73.3 Å². The summed E-state index contributed by atoms with van der Waals surface area (Å²) in [5, 5.41) is 3.01. The minimum atomic E-state index is 0.0640. The Morgan fingerprint density at radius 1 is 1.09 bits per heavy atom. The first kappa shape index (κ1) is 24.3. The minimum Gasteiger partial charge on any atom is -0.497 e. The number of carbonyl (C=O) groups excluding carboxylic acids is 1. The molecule has 3 aromatic rings. The Kier molecular flexibility index (Phi) is 9.73. The zero-order valence-corrected chi connectivity index (χ0v) is 19.6. The second-order valence-corrected chi connectivity index (χ2v) is 8.13.